The lowest BCUT2D eigenvalue weighted by Gasteiger charge is -2.42. The van der Waals surface area contributed by atoms with Crippen LogP contribution in [0.4, 0.5) is 18.9 Å². The Morgan fingerprint density at radius 1 is 0.797 bits per heavy atom. The zero-order valence-corrected chi connectivity index (χ0v) is 41.2. The molecule has 0 bridgehead atoms. The van der Waals surface area contributed by atoms with Crippen LogP contribution >= 0.6 is 20.1 Å². The van der Waals surface area contributed by atoms with Gasteiger partial charge in [-0.1, -0.05) is 87.5 Å². The molecule has 1 aliphatic heterocycles. The lowest BCUT2D eigenvalue weighted by molar-refractivity contribution is -0.167. The Labute approximate surface area is 384 Å². The van der Waals surface area contributed by atoms with Crippen LogP contribution < -0.4 is 14.8 Å². The van der Waals surface area contributed by atoms with Gasteiger partial charge in [0.2, 0.25) is 0 Å². The molecule has 1 saturated heterocycles. The summed E-state index contributed by atoms with van der Waals surface area (Å²) >= 11 is 6.25. The zero-order valence-electron chi connectivity index (χ0n) is 38.6. The van der Waals surface area contributed by atoms with Crippen LogP contribution in [0.15, 0.2) is 103 Å². The third kappa shape index (κ3) is 12.1. The highest BCUT2D eigenvalue weighted by Crippen LogP contribution is 2.53. The van der Waals surface area contributed by atoms with Crippen LogP contribution in [0, 0.1) is 0 Å². The molecule has 0 radical (unpaired) electrons. The first-order chi connectivity index (χ1) is 30.2. The molecule has 5 atom stereocenters. The maximum atomic E-state index is 13.2. The standard InChI is InChI=1S/C48H63ClF3N2O8PSi/c1-32(2)54(33(3)4)63(59-30-29-49)61-43-41(60-42(44(43)62-64(10,11)46(5,6)7)34-17-23-38(24-18-34)53-45(55)48(50,51)52)31-58-47(35-15-13-12-14-16-35,36-19-25-39(56-8)26-20-36)37-21-27-40(57-9)28-22-37/h12-28,32-33,41-44H,29-31H2,1-11H3,(H,53,55)/t41-,42+,43-,44+,63?/m1/s1. The number of alkyl halides is 4. The van der Waals surface area contributed by atoms with E-state index in [9.17, 15) is 18.0 Å². The van der Waals surface area contributed by atoms with E-state index in [1.165, 1.54) is 12.1 Å². The molecule has 4 aromatic rings. The summed E-state index contributed by atoms with van der Waals surface area (Å²) in [5, 5.41) is 1.70. The number of nitrogens with one attached hydrogen (secondary N) is 1. The molecular weight excluding hydrogens is 884 g/mol. The van der Waals surface area contributed by atoms with Crippen LogP contribution in [-0.2, 0) is 33.3 Å². The normalized spacial score (nSPS) is 19.0. The van der Waals surface area contributed by atoms with Crippen LogP contribution in [0.1, 0.15) is 76.8 Å². The summed E-state index contributed by atoms with van der Waals surface area (Å²) < 4.78 is 88.7. The van der Waals surface area contributed by atoms with Gasteiger partial charge in [0.25, 0.3) is 8.53 Å². The average Bonchev–Trinajstić information content (AvgIpc) is 3.58. The van der Waals surface area contributed by atoms with E-state index in [1.54, 1.807) is 26.4 Å². The summed E-state index contributed by atoms with van der Waals surface area (Å²) in [6.07, 6.45) is -8.18. The van der Waals surface area contributed by atoms with Crippen LogP contribution in [0.25, 0.3) is 0 Å². The topological polar surface area (TPSA) is 97.0 Å². The highest BCUT2D eigenvalue weighted by molar-refractivity contribution is 7.44. The zero-order chi connectivity index (χ0) is 47.0. The molecule has 4 aromatic carbocycles. The minimum atomic E-state index is -5.05. The van der Waals surface area contributed by atoms with E-state index in [0.717, 1.165) is 16.7 Å². The Bertz CT molecular complexity index is 2020. The third-order valence-corrected chi connectivity index (χ3v) is 18.4. The lowest BCUT2D eigenvalue weighted by atomic mass is 9.80. The number of carbonyl (C=O) groups is 1. The molecule has 0 spiro atoms. The first-order valence-electron chi connectivity index (χ1n) is 21.4. The molecule has 1 amide bonds. The fourth-order valence-electron chi connectivity index (χ4n) is 7.48. The van der Waals surface area contributed by atoms with Crippen LogP contribution in [0.5, 0.6) is 11.5 Å². The molecule has 350 valence electrons. The fourth-order valence-corrected chi connectivity index (χ4v) is 10.7. The Morgan fingerprint density at radius 2 is 1.31 bits per heavy atom. The second kappa shape index (κ2) is 21.8. The van der Waals surface area contributed by atoms with E-state index in [2.05, 4.69) is 66.2 Å². The van der Waals surface area contributed by atoms with E-state index in [0.29, 0.717) is 17.1 Å². The molecule has 64 heavy (non-hydrogen) atoms. The number of hydrogen-bond donors (Lipinski definition) is 1. The minimum absolute atomic E-state index is 0.0179. The Balaban J connectivity index is 1.71. The van der Waals surface area contributed by atoms with Crippen molar-refractivity contribution in [2.75, 3.05) is 38.6 Å². The summed E-state index contributed by atoms with van der Waals surface area (Å²) in [7, 11) is -1.16. The maximum absolute atomic E-state index is 13.2. The highest BCUT2D eigenvalue weighted by Gasteiger charge is 2.54. The molecular formula is C48H63ClF3N2O8PSi. The van der Waals surface area contributed by atoms with Gasteiger partial charge in [0.1, 0.15) is 41.5 Å². The van der Waals surface area contributed by atoms with Crippen LogP contribution in [0.3, 0.4) is 0 Å². The van der Waals surface area contributed by atoms with Crippen molar-refractivity contribution in [1.29, 1.82) is 0 Å². The van der Waals surface area contributed by atoms with Crippen molar-refractivity contribution >= 4 is 40.0 Å². The van der Waals surface area contributed by atoms with Crippen LogP contribution in [0.2, 0.25) is 18.1 Å². The molecule has 1 N–H and O–H groups in total. The average molecular weight is 948 g/mol. The summed E-state index contributed by atoms with van der Waals surface area (Å²) in [4.78, 5) is 11.9. The number of ether oxygens (including phenoxy) is 4. The molecule has 0 aliphatic carbocycles. The predicted molar refractivity (Wildman–Crippen MR) is 250 cm³/mol. The molecule has 1 heterocycles. The van der Waals surface area contributed by atoms with Gasteiger partial charge in [0, 0.05) is 23.7 Å². The van der Waals surface area contributed by atoms with Crippen molar-refractivity contribution in [3.8, 4) is 11.5 Å². The van der Waals surface area contributed by atoms with Gasteiger partial charge < -0.3 is 37.7 Å². The number of halogens is 4. The van der Waals surface area contributed by atoms with E-state index >= 15 is 0 Å². The number of hydrogen-bond acceptors (Lipinski definition) is 9. The fraction of sp³-hybridized carbons (Fsp3) is 0.479. The van der Waals surface area contributed by atoms with E-state index in [-0.39, 0.29) is 41.9 Å². The number of anilines is 1. The molecule has 0 aromatic heterocycles. The van der Waals surface area contributed by atoms with Gasteiger partial charge in [-0.05, 0) is 104 Å². The highest BCUT2D eigenvalue weighted by atomic mass is 35.5. The summed E-state index contributed by atoms with van der Waals surface area (Å²) in [6.45, 7) is 19.3. The van der Waals surface area contributed by atoms with Gasteiger partial charge in [-0.15, -0.1) is 11.6 Å². The van der Waals surface area contributed by atoms with E-state index in [1.807, 2.05) is 84.2 Å². The Morgan fingerprint density at radius 3 is 1.77 bits per heavy atom. The van der Waals surface area contributed by atoms with Gasteiger partial charge in [0.15, 0.2) is 8.32 Å². The van der Waals surface area contributed by atoms with Crippen molar-refractivity contribution in [1.82, 2.24) is 4.67 Å². The summed E-state index contributed by atoms with van der Waals surface area (Å²) in [5.74, 6) is -0.471. The molecule has 1 aliphatic rings. The number of rotatable bonds is 20. The molecule has 0 saturated carbocycles. The number of benzene rings is 4. The van der Waals surface area contributed by atoms with Gasteiger partial charge >= 0.3 is 12.1 Å². The number of carbonyl (C=O) groups excluding carboxylic acids is 1. The Kier molecular flexibility index (Phi) is 17.5. The SMILES string of the molecule is COc1ccc(C(OC[C@H]2O[C@@H](c3ccc(NC(=O)C(F)(F)F)cc3)[C@H](O[Si](C)(C)C(C)(C)C)[C@@H]2OP(OCCCl)N(C(C)C)C(C)C)(c2ccccc2)c2ccc(OC)cc2)cc1. The Hall–Kier alpha value is -3.56. The van der Waals surface area contributed by atoms with Crippen molar-refractivity contribution in [2.24, 2.45) is 0 Å². The van der Waals surface area contributed by atoms with Crippen molar-refractivity contribution in [3.05, 3.63) is 125 Å². The first kappa shape index (κ1) is 51.4. The third-order valence-electron chi connectivity index (χ3n) is 11.7. The molecule has 1 fully saturated rings. The molecule has 10 nitrogen and oxygen atoms in total. The first-order valence-corrected chi connectivity index (χ1v) is 26.0. The van der Waals surface area contributed by atoms with Gasteiger partial charge in [-0.2, -0.15) is 13.2 Å². The van der Waals surface area contributed by atoms with Gasteiger partial charge in [-0.25, -0.2) is 4.67 Å². The second-order valence-corrected chi connectivity index (χ2v) is 24.3. The van der Waals surface area contributed by atoms with E-state index in [4.69, 9.17) is 44.0 Å². The predicted octanol–water partition coefficient (Wildman–Crippen LogP) is 12.0. The van der Waals surface area contributed by atoms with Gasteiger partial charge in [0.05, 0.1) is 27.4 Å². The number of amides is 1. The van der Waals surface area contributed by atoms with Crippen LogP contribution in [-0.4, -0.2) is 88.8 Å². The van der Waals surface area contributed by atoms with E-state index < -0.39 is 58.9 Å². The lowest BCUT2D eigenvalue weighted by Crippen LogP contribution is -2.49. The maximum Gasteiger partial charge on any atom is 0.471 e. The molecule has 5 rings (SSSR count). The summed E-state index contributed by atoms with van der Waals surface area (Å²) in [6, 6.07) is 31.6. The molecule has 16 heteroatoms. The number of nitrogens with zero attached hydrogens (tertiary/aromatic N) is 1. The quantitative estimate of drug-likeness (QED) is 0.0402. The number of methoxy groups -OCH3 is 2. The van der Waals surface area contributed by atoms with Crippen molar-refractivity contribution in [2.45, 2.75) is 115 Å². The van der Waals surface area contributed by atoms with Crippen molar-refractivity contribution in [3.63, 3.8) is 0 Å². The minimum Gasteiger partial charge on any atom is -0.497 e. The summed E-state index contributed by atoms with van der Waals surface area (Å²) in [5.41, 5.74) is 1.87. The van der Waals surface area contributed by atoms with Gasteiger partial charge in [-0.3, -0.25) is 4.79 Å². The second-order valence-electron chi connectivity index (χ2n) is 17.7. The molecule has 1 unspecified atom stereocenters. The van der Waals surface area contributed by atoms with Crippen molar-refractivity contribution < 1.29 is 50.4 Å². The smallest absolute Gasteiger partial charge is 0.471 e. The monoisotopic (exact) mass is 946 g/mol. The largest absolute Gasteiger partial charge is 0.497 e.